The van der Waals surface area contributed by atoms with Crippen LogP contribution in [0.25, 0.3) is 0 Å². The van der Waals surface area contributed by atoms with Gasteiger partial charge in [0.25, 0.3) is 0 Å². The van der Waals surface area contributed by atoms with Gasteiger partial charge in [0, 0.05) is 19.8 Å². The van der Waals surface area contributed by atoms with E-state index in [0.717, 1.165) is 11.4 Å². The molecule has 0 saturated heterocycles. The van der Waals surface area contributed by atoms with E-state index < -0.39 is 0 Å². The Balaban J connectivity index is 2.10. The van der Waals surface area contributed by atoms with Crippen LogP contribution in [0.1, 0.15) is 0 Å². The molecule has 0 radical (unpaired) electrons. The van der Waals surface area contributed by atoms with Crippen LogP contribution < -0.4 is 4.90 Å². The number of rotatable bonds is 3. The van der Waals surface area contributed by atoms with E-state index in [9.17, 15) is 0 Å². The van der Waals surface area contributed by atoms with Gasteiger partial charge < -0.3 is 4.90 Å². The molecular formula is C13H19N5+2. The molecule has 5 heteroatoms. The van der Waals surface area contributed by atoms with Crippen LogP contribution in [0, 0.1) is 0 Å². The second-order valence-corrected chi connectivity index (χ2v) is 4.60. The molecule has 0 fully saturated rings. The second kappa shape index (κ2) is 5.08. The minimum Gasteiger partial charge on any atom is -0.378 e. The van der Waals surface area contributed by atoms with E-state index in [0.29, 0.717) is 0 Å². The standard InChI is InChI=1S/C13H19N5/c1-16(2)12-7-5-11(6-8-12)14-15-13-17(3)9-10-18(13)4/h5-10,13H,1-4H3/q+2. The smallest absolute Gasteiger partial charge is 0.378 e. The maximum atomic E-state index is 4.33. The van der Waals surface area contributed by atoms with Crippen molar-refractivity contribution in [1.29, 1.82) is 0 Å². The molecule has 0 aromatic heterocycles. The van der Waals surface area contributed by atoms with Gasteiger partial charge in [-0.25, -0.2) is 0 Å². The van der Waals surface area contributed by atoms with Gasteiger partial charge in [-0.3, -0.25) is 0 Å². The lowest BCUT2D eigenvalue weighted by atomic mass is 10.3. The highest BCUT2D eigenvalue weighted by Crippen LogP contribution is 2.18. The molecule has 0 spiro atoms. The number of benzene rings is 1. The quantitative estimate of drug-likeness (QED) is 0.588. The minimum atomic E-state index is -0.0430. The summed E-state index contributed by atoms with van der Waals surface area (Å²) in [5, 5.41) is 8.60. The molecule has 1 aliphatic rings. The fraction of sp³-hybridized carbons (Fsp3) is 0.385. The van der Waals surface area contributed by atoms with Crippen molar-refractivity contribution >= 4 is 23.8 Å². The summed E-state index contributed by atoms with van der Waals surface area (Å²) in [6, 6.07) is 8.02. The molecule has 0 unspecified atom stereocenters. The Morgan fingerprint density at radius 2 is 1.56 bits per heavy atom. The molecule has 0 atom stereocenters. The third kappa shape index (κ3) is 2.61. The summed E-state index contributed by atoms with van der Waals surface area (Å²) in [7, 11) is 8.01. The first-order valence-electron chi connectivity index (χ1n) is 5.88. The molecule has 2 rings (SSSR count). The Hall–Kier alpha value is -2.04. The van der Waals surface area contributed by atoms with Crippen molar-refractivity contribution < 1.29 is 9.15 Å². The Labute approximate surface area is 107 Å². The van der Waals surface area contributed by atoms with E-state index in [4.69, 9.17) is 0 Å². The Morgan fingerprint density at radius 1 is 1.00 bits per heavy atom. The lowest BCUT2D eigenvalue weighted by Crippen LogP contribution is -2.25. The van der Waals surface area contributed by atoms with Gasteiger partial charge in [-0.15, -0.1) is 14.3 Å². The summed E-state index contributed by atoms with van der Waals surface area (Å²) in [6.07, 6.45) is 3.93. The molecule has 5 nitrogen and oxygen atoms in total. The predicted octanol–water partition coefficient (Wildman–Crippen LogP) is 1.56. The van der Waals surface area contributed by atoms with Crippen LogP contribution >= 0.6 is 0 Å². The highest BCUT2D eigenvalue weighted by atomic mass is 15.4. The van der Waals surface area contributed by atoms with E-state index in [2.05, 4.69) is 15.1 Å². The first-order valence-corrected chi connectivity index (χ1v) is 5.88. The minimum absolute atomic E-state index is 0.0430. The first kappa shape index (κ1) is 12.4. The van der Waals surface area contributed by atoms with Gasteiger partial charge in [0.2, 0.25) is 12.4 Å². The molecule has 1 aliphatic heterocycles. The summed E-state index contributed by atoms with van der Waals surface area (Å²) in [5.41, 5.74) is 2.03. The molecule has 0 aliphatic carbocycles. The molecular weight excluding hydrogens is 226 g/mol. The van der Waals surface area contributed by atoms with E-state index in [-0.39, 0.29) is 6.29 Å². The maximum absolute atomic E-state index is 4.33. The molecule has 94 valence electrons. The van der Waals surface area contributed by atoms with Gasteiger partial charge in [-0.2, -0.15) is 0 Å². The van der Waals surface area contributed by atoms with Crippen LogP contribution in [0.2, 0.25) is 0 Å². The van der Waals surface area contributed by atoms with Crippen molar-refractivity contribution in [3.63, 3.8) is 0 Å². The van der Waals surface area contributed by atoms with Crippen LogP contribution in [0.5, 0.6) is 0 Å². The first-order chi connectivity index (χ1) is 8.58. The Morgan fingerprint density at radius 3 is 2.06 bits per heavy atom. The van der Waals surface area contributed by atoms with Gasteiger partial charge in [0.15, 0.2) is 0 Å². The van der Waals surface area contributed by atoms with E-state index >= 15 is 0 Å². The zero-order valence-electron chi connectivity index (χ0n) is 11.3. The number of anilines is 1. The second-order valence-electron chi connectivity index (χ2n) is 4.60. The van der Waals surface area contributed by atoms with Crippen molar-refractivity contribution in [2.75, 3.05) is 33.1 Å². The molecule has 0 saturated carbocycles. The molecule has 1 aromatic carbocycles. The molecule has 0 bridgehead atoms. The van der Waals surface area contributed by atoms with Crippen LogP contribution in [-0.2, 0) is 0 Å². The lowest BCUT2D eigenvalue weighted by Gasteiger charge is -2.11. The van der Waals surface area contributed by atoms with Gasteiger partial charge in [0.05, 0.1) is 5.69 Å². The van der Waals surface area contributed by atoms with Crippen molar-refractivity contribution in [1.82, 2.24) is 0 Å². The zero-order chi connectivity index (χ0) is 13.1. The van der Waals surface area contributed by atoms with E-state index in [1.165, 1.54) is 0 Å². The largest absolute Gasteiger partial charge is 0.464 e. The van der Waals surface area contributed by atoms with Crippen molar-refractivity contribution in [3.8, 4) is 0 Å². The normalized spacial score (nSPS) is 16.0. The third-order valence-corrected chi connectivity index (χ3v) is 2.91. The van der Waals surface area contributed by atoms with Crippen molar-refractivity contribution in [2.24, 2.45) is 10.2 Å². The number of hydrogen-bond donors (Lipinski definition) is 0. The molecule has 0 amide bonds. The van der Waals surface area contributed by atoms with Gasteiger partial charge >= 0.3 is 6.29 Å². The number of nitrogens with zero attached hydrogens (tertiary/aromatic N) is 5. The predicted molar refractivity (Wildman–Crippen MR) is 73.6 cm³/mol. The summed E-state index contributed by atoms with van der Waals surface area (Å²) in [6.45, 7) is 0. The fourth-order valence-corrected chi connectivity index (χ4v) is 1.75. The average Bonchev–Trinajstić information content (AvgIpc) is 2.67. The van der Waals surface area contributed by atoms with E-state index in [1.807, 2.05) is 74.0 Å². The lowest BCUT2D eigenvalue weighted by molar-refractivity contribution is -0.737. The van der Waals surface area contributed by atoms with Crippen LogP contribution in [-0.4, -0.2) is 56.1 Å². The number of azo groups is 1. The molecule has 0 N–H and O–H groups in total. The zero-order valence-corrected chi connectivity index (χ0v) is 11.3. The fourth-order valence-electron chi connectivity index (χ4n) is 1.75. The summed E-state index contributed by atoms with van der Waals surface area (Å²) in [5.74, 6) is 0. The molecule has 1 aromatic rings. The van der Waals surface area contributed by atoms with Crippen LogP contribution in [0.15, 0.2) is 34.5 Å². The van der Waals surface area contributed by atoms with Crippen molar-refractivity contribution in [2.45, 2.75) is 6.29 Å². The van der Waals surface area contributed by atoms with Crippen LogP contribution in [0.3, 0.4) is 0 Å². The van der Waals surface area contributed by atoms with Gasteiger partial charge in [0.1, 0.15) is 14.1 Å². The summed E-state index contributed by atoms with van der Waals surface area (Å²) < 4.78 is 4.02. The Kier molecular flexibility index (Phi) is 3.50. The number of hydrogen-bond acceptors (Lipinski definition) is 3. The third-order valence-electron chi connectivity index (χ3n) is 2.91. The topological polar surface area (TPSA) is 34.0 Å². The maximum Gasteiger partial charge on any atom is 0.464 e. The highest BCUT2D eigenvalue weighted by molar-refractivity contribution is 6.11. The van der Waals surface area contributed by atoms with Crippen molar-refractivity contribution in [3.05, 3.63) is 24.3 Å². The molecule has 1 heterocycles. The average molecular weight is 245 g/mol. The molecule has 18 heavy (non-hydrogen) atoms. The summed E-state index contributed by atoms with van der Waals surface area (Å²) in [4.78, 5) is 2.06. The van der Waals surface area contributed by atoms with Gasteiger partial charge in [-0.1, -0.05) is 0 Å². The van der Waals surface area contributed by atoms with Crippen LogP contribution in [0.4, 0.5) is 11.4 Å². The SMILES string of the molecule is CN(C)c1ccc(N=NC2[N+](C)=CC=[N+]2C)cc1. The van der Waals surface area contributed by atoms with E-state index in [1.54, 1.807) is 0 Å². The summed E-state index contributed by atoms with van der Waals surface area (Å²) >= 11 is 0. The Bertz CT molecular complexity index is 493. The highest BCUT2D eigenvalue weighted by Gasteiger charge is 2.29. The van der Waals surface area contributed by atoms with Gasteiger partial charge in [-0.05, 0) is 29.4 Å². The monoisotopic (exact) mass is 245 g/mol.